The summed E-state index contributed by atoms with van der Waals surface area (Å²) in [5, 5.41) is 9.67. The Hall–Kier alpha value is -1.25. The van der Waals surface area contributed by atoms with Gasteiger partial charge in [0.05, 0.1) is 12.8 Å². The Balaban J connectivity index is 3.25. The second-order valence-electron chi connectivity index (χ2n) is 3.37. The molecule has 1 rings (SSSR count). The van der Waals surface area contributed by atoms with Crippen molar-refractivity contribution in [2.45, 2.75) is 26.7 Å². The molecule has 0 atom stereocenters. The minimum absolute atomic E-state index is 0.203. The lowest BCUT2D eigenvalue weighted by Crippen LogP contribution is -1.98. The molecule has 1 N–H and O–H groups in total. The van der Waals surface area contributed by atoms with Gasteiger partial charge in [-0.1, -0.05) is 13.8 Å². The Labute approximate surface area is 78.4 Å². The molecule has 0 aromatic carbocycles. The highest BCUT2D eigenvalue weighted by Crippen LogP contribution is 2.29. The Morgan fingerprint density at radius 3 is 2.54 bits per heavy atom. The molecule has 0 radical (unpaired) electrons. The molecule has 0 aliphatic heterocycles. The van der Waals surface area contributed by atoms with Crippen molar-refractivity contribution in [1.29, 1.82) is 0 Å². The van der Waals surface area contributed by atoms with Crippen LogP contribution in [0.15, 0.2) is 6.07 Å². The molecule has 0 aliphatic carbocycles. The number of pyridine rings is 1. The first-order valence-electron chi connectivity index (χ1n) is 4.30. The van der Waals surface area contributed by atoms with Gasteiger partial charge in [0.1, 0.15) is 5.75 Å². The van der Waals surface area contributed by atoms with Gasteiger partial charge in [0.25, 0.3) is 0 Å². The van der Waals surface area contributed by atoms with E-state index < -0.39 is 0 Å². The Morgan fingerprint density at radius 1 is 1.46 bits per heavy atom. The zero-order valence-electron chi connectivity index (χ0n) is 8.46. The molecule has 13 heavy (non-hydrogen) atoms. The maximum atomic E-state index is 9.67. The van der Waals surface area contributed by atoms with Crippen LogP contribution in [-0.4, -0.2) is 17.2 Å². The maximum Gasteiger partial charge on any atom is 0.213 e. The maximum absolute atomic E-state index is 9.67. The fourth-order valence-corrected chi connectivity index (χ4v) is 1.17. The number of nitrogens with zero attached hydrogens (tertiary/aromatic N) is 1. The van der Waals surface area contributed by atoms with Crippen molar-refractivity contribution in [1.82, 2.24) is 4.98 Å². The van der Waals surface area contributed by atoms with E-state index in [4.69, 9.17) is 4.74 Å². The lowest BCUT2D eigenvalue weighted by Gasteiger charge is -2.11. The third-order valence-corrected chi connectivity index (χ3v) is 1.94. The van der Waals surface area contributed by atoms with Crippen molar-refractivity contribution in [2.75, 3.05) is 7.11 Å². The SMILES string of the molecule is COc1cc(C)c(O)c(C(C)C)n1. The standard InChI is InChI=1S/C10H15NO2/c1-6(2)9-10(12)7(3)5-8(11-9)13-4/h5-6,12H,1-4H3. The molecule has 0 saturated carbocycles. The summed E-state index contributed by atoms with van der Waals surface area (Å²) in [6.45, 7) is 5.81. The summed E-state index contributed by atoms with van der Waals surface area (Å²) < 4.78 is 5.02. The normalized spacial score (nSPS) is 10.5. The van der Waals surface area contributed by atoms with Crippen molar-refractivity contribution in [3.8, 4) is 11.6 Å². The van der Waals surface area contributed by atoms with E-state index in [2.05, 4.69) is 4.98 Å². The van der Waals surface area contributed by atoms with Crippen molar-refractivity contribution in [2.24, 2.45) is 0 Å². The predicted molar refractivity (Wildman–Crippen MR) is 51.3 cm³/mol. The Bertz CT molecular complexity index is 308. The van der Waals surface area contributed by atoms with Crippen molar-refractivity contribution < 1.29 is 9.84 Å². The van der Waals surface area contributed by atoms with Gasteiger partial charge in [-0.2, -0.15) is 0 Å². The second kappa shape index (κ2) is 3.64. The van der Waals surface area contributed by atoms with E-state index in [1.54, 1.807) is 13.2 Å². The lowest BCUT2D eigenvalue weighted by molar-refractivity contribution is 0.388. The first kappa shape index (κ1) is 9.84. The van der Waals surface area contributed by atoms with Crippen LogP contribution >= 0.6 is 0 Å². The number of hydrogen-bond acceptors (Lipinski definition) is 3. The van der Waals surface area contributed by atoms with Crippen LogP contribution in [0.4, 0.5) is 0 Å². The average Bonchev–Trinajstić information content (AvgIpc) is 2.09. The molecule has 1 aromatic rings. The summed E-state index contributed by atoms with van der Waals surface area (Å²) in [7, 11) is 1.57. The number of aromatic nitrogens is 1. The largest absolute Gasteiger partial charge is 0.506 e. The van der Waals surface area contributed by atoms with E-state index in [1.807, 2.05) is 20.8 Å². The van der Waals surface area contributed by atoms with Crippen molar-refractivity contribution >= 4 is 0 Å². The predicted octanol–water partition coefficient (Wildman–Crippen LogP) is 2.23. The fraction of sp³-hybridized carbons (Fsp3) is 0.500. The van der Waals surface area contributed by atoms with Crippen LogP contribution in [0, 0.1) is 6.92 Å². The van der Waals surface area contributed by atoms with Crippen LogP contribution in [0.2, 0.25) is 0 Å². The average molecular weight is 181 g/mol. The van der Waals surface area contributed by atoms with Gasteiger partial charge in [-0.05, 0) is 18.4 Å². The summed E-state index contributed by atoms with van der Waals surface area (Å²) in [6.07, 6.45) is 0. The monoisotopic (exact) mass is 181 g/mol. The van der Waals surface area contributed by atoms with Gasteiger partial charge in [0, 0.05) is 6.07 Å². The molecule has 72 valence electrons. The molecular weight excluding hydrogens is 166 g/mol. The summed E-state index contributed by atoms with van der Waals surface area (Å²) in [6, 6.07) is 1.72. The molecule has 0 aliphatic rings. The number of ether oxygens (including phenoxy) is 1. The summed E-state index contributed by atoms with van der Waals surface area (Å²) in [5.41, 5.74) is 1.49. The second-order valence-corrected chi connectivity index (χ2v) is 3.37. The van der Waals surface area contributed by atoms with Crippen LogP contribution < -0.4 is 4.74 Å². The molecular formula is C10H15NO2. The zero-order valence-corrected chi connectivity index (χ0v) is 8.46. The smallest absolute Gasteiger partial charge is 0.213 e. The van der Waals surface area contributed by atoms with E-state index in [1.165, 1.54) is 0 Å². The molecule has 1 heterocycles. The number of aromatic hydroxyl groups is 1. The van der Waals surface area contributed by atoms with Crippen LogP contribution in [0.5, 0.6) is 11.6 Å². The minimum Gasteiger partial charge on any atom is -0.506 e. The lowest BCUT2D eigenvalue weighted by atomic mass is 10.1. The molecule has 0 fully saturated rings. The van der Waals surface area contributed by atoms with E-state index in [-0.39, 0.29) is 11.7 Å². The van der Waals surface area contributed by atoms with Crippen molar-refractivity contribution in [3.05, 3.63) is 17.3 Å². The highest BCUT2D eigenvalue weighted by Gasteiger charge is 2.11. The van der Waals surface area contributed by atoms with Gasteiger partial charge >= 0.3 is 0 Å². The third-order valence-electron chi connectivity index (χ3n) is 1.94. The third kappa shape index (κ3) is 1.91. The molecule has 0 saturated heterocycles. The van der Waals surface area contributed by atoms with Crippen LogP contribution in [0.1, 0.15) is 31.0 Å². The summed E-state index contributed by atoms with van der Waals surface area (Å²) >= 11 is 0. The van der Waals surface area contributed by atoms with Gasteiger partial charge in [0.2, 0.25) is 5.88 Å². The zero-order chi connectivity index (χ0) is 10.0. The van der Waals surface area contributed by atoms with Gasteiger partial charge in [0.15, 0.2) is 0 Å². The topological polar surface area (TPSA) is 42.4 Å². The molecule has 0 unspecified atom stereocenters. The first-order valence-corrected chi connectivity index (χ1v) is 4.30. The fourth-order valence-electron chi connectivity index (χ4n) is 1.17. The number of aryl methyl sites for hydroxylation is 1. The van der Waals surface area contributed by atoms with Crippen molar-refractivity contribution in [3.63, 3.8) is 0 Å². The molecule has 0 amide bonds. The van der Waals surface area contributed by atoms with Gasteiger partial charge in [-0.15, -0.1) is 0 Å². The van der Waals surface area contributed by atoms with Crippen LogP contribution in [-0.2, 0) is 0 Å². The minimum atomic E-state index is 0.203. The number of methoxy groups -OCH3 is 1. The van der Waals surface area contributed by atoms with E-state index in [9.17, 15) is 5.11 Å². The first-order chi connectivity index (χ1) is 6.06. The van der Waals surface area contributed by atoms with E-state index in [0.717, 1.165) is 5.56 Å². The van der Waals surface area contributed by atoms with Gasteiger partial charge in [-0.3, -0.25) is 0 Å². The van der Waals surface area contributed by atoms with Crippen LogP contribution in [0.25, 0.3) is 0 Å². The molecule has 1 aromatic heterocycles. The Morgan fingerprint density at radius 2 is 2.08 bits per heavy atom. The molecule has 3 heteroatoms. The highest BCUT2D eigenvalue weighted by atomic mass is 16.5. The van der Waals surface area contributed by atoms with Gasteiger partial charge < -0.3 is 9.84 Å². The number of rotatable bonds is 2. The molecule has 0 spiro atoms. The number of hydrogen-bond donors (Lipinski definition) is 1. The summed E-state index contributed by atoms with van der Waals surface area (Å²) in [4.78, 5) is 4.18. The summed E-state index contributed by atoms with van der Waals surface area (Å²) in [5.74, 6) is 1.03. The Kier molecular flexibility index (Phi) is 2.76. The highest BCUT2D eigenvalue weighted by molar-refractivity contribution is 5.40. The van der Waals surface area contributed by atoms with E-state index in [0.29, 0.717) is 11.6 Å². The van der Waals surface area contributed by atoms with Gasteiger partial charge in [-0.25, -0.2) is 4.98 Å². The quantitative estimate of drug-likeness (QED) is 0.760. The molecule has 0 bridgehead atoms. The molecule has 3 nitrogen and oxygen atoms in total. The van der Waals surface area contributed by atoms with Crippen LogP contribution in [0.3, 0.4) is 0 Å². The van der Waals surface area contributed by atoms with E-state index >= 15 is 0 Å².